The molecule has 1 unspecified atom stereocenters. The summed E-state index contributed by atoms with van der Waals surface area (Å²) in [6.45, 7) is 1.96. The quantitative estimate of drug-likeness (QED) is 0.488. The van der Waals surface area contributed by atoms with E-state index in [1.54, 1.807) is 41.3 Å². The smallest absolute Gasteiger partial charge is 0.295 e. The van der Waals surface area contributed by atoms with Gasteiger partial charge in [0.1, 0.15) is 11.4 Å². The van der Waals surface area contributed by atoms with E-state index in [9.17, 15) is 14.0 Å². The first-order valence-electron chi connectivity index (χ1n) is 9.26. The van der Waals surface area contributed by atoms with Gasteiger partial charge in [-0.15, -0.1) is 0 Å². The number of nitrogens with zero attached hydrogens (tertiary/aromatic N) is 1. The summed E-state index contributed by atoms with van der Waals surface area (Å²) in [5, 5.41) is 0.414. The third-order valence-corrected chi connectivity index (χ3v) is 5.28. The molecular weight excluding hydrogens is 369 g/mol. The third kappa shape index (κ3) is 2.66. The number of hydrogen-bond acceptors (Lipinski definition) is 3. The van der Waals surface area contributed by atoms with Crippen LogP contribution >= 0.6 is 0 Å². The van der Waals surface area contributed by atoms with E-state index in [0.717, 1.165) is 5.56 Å². The lowest BCUT2D eigenvalue weighted by Crippen LogP contribution is -2.29. The largest absolute Gasteiger partial charge is 0.450 e. The first-order valence-corrected chi connectivity index (χ1v) is 9.26. The van der Waals surface area contributed by atoms with Gasteiger partial charge in [0.25, 0.3) is 5.91 Å². The van der Waals surface area contributed by atoms with Crippen molar-refractivity contribution < 1.29 is 13.6 Å². The summed E-state index contributed by atoms with van der Waals surface area (Å²) < 4.78 is 19.4. The molecule has 0 bridgehead atoms. The van der Waals surface area contributed by atoms with Crippen LogP contribution in [0.25, 0.3) is 11.0 Å². The number of hydrogen-bond donors (Lipinski definition) is 0. The third-order valence-electron chi connectivity index (χ3n) is 5.28. The molecule has 0 spiro atoms. The molecule has 142 valence electrons. The van der Waals surface area contributed by atoms with Gasteiger partial charge in [0.2, 0.25) is 5.76 Å². The lowest BCUT2D eigenvalue weighted by molar-refractivity contribution is 0.0971. The molecule has 0 fully saturated rings. The zero-order valence-corrected chi connectivity index (χ0v) is 15.6. The molecule has 3 aromatic carbocycles. The predicted molar refractivity (Wildman–Crippen MR) is 109 cm³/mol. The standard InChI is InChI=1S/C24H16FNO3/c1-14-6-12-17(13-7-14)26-21(15-8-10-16(25)11-9-15)20-22(27)18-4-2-3-5-19(18)29-23(20)24(26)28/h2-13,21H,1H3. The van der Waals surface area contributed by atoms with E-state index in [1.165, 1.54) is 12.1 Å². The molecule has 0 saturated heterocycles. The van der Waals surface area contributed by atoms with Crippen LogP contribution in [-0.4, -0.2) is 5.91 Å². The van der Waals surface area contributed by atoms with Crippen LogP contribution in [0, 0.1) is 12.7 Å². The summed E-state index contributed by atoms with van der Waals surface area (Å²) >= 11 is 0. The first-order chi connectivity index (χ1) is 14.0. The minimum absolute atomic E-state index is 0.0311. The molecule has 1 aliphatic heterocycles. The summed E-state index contributed by atoms with van der Waals surface area (Å²) in [4.78, 5) is 28.2. The van der Waals surface area contributed by atoms with E-state index < -0.39 is 6.04 Å². The Morgan fingerprint density at radius 3 is 2.31 bits per heavy atom. The van der Waals surface area contributed by atoms with Gasteiger partial charge < -0.3 is 4.42 Å². The van der Waals surface area contributed by atoms with Crippen LogP contribution in [0.15, 0.2) is 82.0 Å². The fraction of sp³-hybridized carbons (Fsp3) is 0.0833. The minimum atomic E-state index is -0.693. The summed E-state index contributed by atoms with van der Waals surface area (Å²) in [6, 6.07) is 19.5. The fourth-order valence-corrected chi connectivity index (χ4v) is 3.85. The number of carbonyl (C=O) groups is 1. The van der Waals surface area contributed by atoms with Crippen molar-refractivity contribution in [2.75, 3.05) is 4.90 Å². The van der Waals surface area contributed by atoms with Crippen molar-refractivity contribution >= 4 is 22.6 Å². The molecule has 0 radical (unpaired) electrons. The van der Waals surface area contributed by atoms with Crippen LogP contribution in [0.1, 0.15) is 33.3 Å². The van der Waals surface area contributed by atoms with Crippen molar-refractivity contribution in [1.82, 2.24) is 0 Å². The summed E-state index contributed by atoms with van der Waals surface area (Å²) in [5.41, 5.74) is 2.73. The van der Waals surface area contributed by atoms with Gasteiger partial charge in [0.05, 0.1) is 17.0 Å². The maximum atomic E-state index is 13.5. The summed E-state index contributed by atoms with van der Waals surface area (Å²) in [5.74, 6) is -0.740. The molecule has 5 rings (SSSR count). The number of rotatable bonds is 2. The number of carbonyl (C=O) groups excluding carboxylic acids is 1. The van der Waals surface area contributed by atoms with E-state index in [4.69, 9.17) is 4.42 Å². The Labute approximate surface area is 165 Å². The molecule has 0 N–H and O–H groups in total. The number of benzene rings is 3. The maximum absolute atomic E-state index is 13.5. The Hall–Kier alpha value is -3.73. The van der Waals surface area contributed by atoms with Crippen LogP contribution < -0.4 is 10.3 Å². The van der Waals surface area contributed by atoms with Gasteiger partial charge in [-0.3, -0.25) is 14.5 Å². The Morgan fingerprint density at radius 2 is 1.59 bits per heavy atom. The summed E-state index contributed by atoms with van der Waals surface area (Å²) in [7, 11) is 0. The lowest BCUT2D eigenvalue weighted by atomic mass is 9.98. The van der Waals surface area contributed by atoms with Crippen molar-refractivity contribution in [1.29, 1.82) is 0 Å². The van der Waals surface area contributed by atoms with Gasteiger partial charge >= 0.3 is 0 Å². The number of halogens is 1. The van der Waals surface area contributed by atoms with E-state index >= 15 is 0 Å². The Bertz CT molecular complexity index is 1310. The van der Waals surface area contributed by atoms with E-state index in [2.05, 4.69) is 0 Å². The van der Waals surface area contributed by atoms with Gasteiger partial charge in [-0.05, 0) is 48.9 Å². The lowest BCUT2D eigenvalue weighted by Gasteiger charge is -2.25. The monoisotopic (exact) mass is 385 g/mol. The van der Waals surface area contributed by atoms with Crippen LogP contribution in [0.2, 0.25) is 0 Å². The second-order valence-corrected chi connectivity index (χ2v) is 7.13. The highest BCUT2D eigenvalue weighted by Gasteiger charge is 2.43. The molecule has 2 heterocycles. The molecule has 1 amide bonds. The average Bonchev–Trinajstić information content (AvgIpc) is 3.02. The first kappa shape index (κ1) is 17.4. The second-order valence-electron chi connectivity index (χ2n) is 7.13. The molecule has 1 aromatic heterocycles. The zero-order valence-electron chi connectivity index (χ0n) is 15.6. The van der Waals surface area contributed by atoms with E-state index in [1.807, 2.05) is 31.2 Å². The number of anilines is 1. The molecule has 29 heavy (non-hydrogen) atoms. The predicted octanol–water partition coefficient (Wildman–Crippen LogP) is 4.99. The van der Waals surface area contributed by atoms with Gasteiger partial charge in [-0.1, -0.05) is 42.0 Å². The van der Waals surface area contributed by atoms with Crippen molar-refractivity contribution in [3.05, 3.63) is 111 Å². The van der Waals surface area contributed by atoms with Crippen molar-refractivity contribution in [3.63, 3.8) is 0 Å². The topological polar surface area (TPSA) is 50.5 Å². The van der Waals surface area contributed by atoms with Gasteiger partial charge in [-0.2, -0.15) is 0 Å². The van der Waals surface area contributed by atoms with Crippen LogP contribution in [0.5, 0.6) is 0 Å². The number of aryl methyl sites for hydroxylation is 1. The van der Waals surface area contributed by atoms with Crippen molar-refractivity contribution in [2.45, 2.75) is 13.0 Å². The van der Waals surface area contributed by atoms with Gasteiger partial charge in [0.15, 0.2) is 5.43 Å². The average molecular weight is 385 g/mol. The molecule has 1 atom stereocenters. The molecule has 4 aromatic rings. The highest BCUT2D eigenvalue weighted by molar-refractivity contribution is 6.10. The highest BCUT2D eigenvalue weighted by Crippen LogP contribution is 2.41. The molecule has 1 aliphatic rings. The van der Waals surface area contributed by atoms with Crippen LogP contribution in [0.4, 0.5) is 10.1 Å². The fourth-order valence-electron chi connectivity index (χ4n) is 3.85. The number of fused-ring (bicyclic) bond motifs is 2. The molecule has 0 aliphatic carbocycles. The minimum Gasteiger partial charge on any atom is -0.450 e. The zero-order chi connectivity index (χ0) is 20.1. The number of amides is 1. The summed E-state index contributed by atoms with van der Waals surface area (Å²) in [6.07, 6.45) is 0. The molecule has 4 nitrogen and oxygen atoms in total. The second kappa shape index (κ2) is 6.41. The van der Waals surface area contributed by atoms with Crippen LogP contribution in [-0.2, 0) is 0 Å². The SMILES string of the molecule is Cc1ccc(N2C(=O)c3oc4ccccc4c(=O)c3C2c2ccc(F)cc2)cc1. The highest BCUT2D eigenvalue weighted by atomic mass is 19.1. The Kier molecular flexibility index (Phi) is 3.84. The van der Waals surface area contributed by atoms with Crippen molar-refractivity contribution in [2.24, 2.45) is 0 Å². The Morgan fingerprint density at radius 1 is 0.897 bits per heavy atom. The molecular formula is C24H16FNO3. The molecule has 0 saturated carbocycles. The maximum Gasteiger partial charge on any atom is 0.295 e. The van der Waals surface area contributed by atoms with E-state index in [0.29, 0.717) is 22.2 Å². The van der Waals surface area contributed by atoms with Crippen molar-refractivity contribution in [3.8, 4) is 0 Å². The normalized spacial score (nSPS) is 15.7. The van der Waals surface area contributed by atoms with E-state index in [-0.39, 0.29) is 28.5 Å². The Balaban J connectivity index is 1.81. The van der Waals surface area contributed by atoms with Crippen LogP contribution in [0.3, 0.4) is 0 Å². The van der Waals surface area contributed by atoms with Gasteiger partial charge in [-0.25, -0.2) is 4.39 Å². The molecule has 5 heteroatoms. The number of para-hydroxylation sites is 1. The van der Waals surface area contributed by atoms with Gasteiger partial charge in [0, 0.05) is 5.69 Å².